The molecule has 4 atom stereocenters. The molecule has 0 heterocycles. The first-order chi connectivity index (χ1) is 4.83. The van der Waals surface area contributed by atoms with E-state index in [9.17, 15) is 0 Å². The van der Waals surface area contributed by atoms with Crippen LogP contribution in [-0.4, -0.2) is 5.88 Å². The van der Waals surface area contributed by atoms with Crippen molar-refractivity contribution in [1.82, 2.24) is 0 Å². The maximum Gasteiger partial charge on any atom is 0.0257 e. The molecule has 0 radical (unpaired) electrons. The Bertz CT molecular complexity index is 131. The van der Waals surface area contributed by atoms with Crippen LogP contribution in [0.4, 0.5) is 0 Å². The molecule has 0 unspecified atom stereocenters. The molecule has 0 aromatic carbocycles. The highest BCUT2D eigenvalue weighted by atomic mass is 35.5. The summed E-state index contributed by atoms with van der Waals surface area (Å²) >= 11 is 5.90. The summed E-state index contributed by atoms with van der Waals surface area (Å²) < 4.78 is 0. The molecule has 2 aliphatic carbocycles. The van der Waals surface area contributed by atoms with Gasteiger partial charge in [-0.15, -0.1) is 11.6 Å². The predicted octanol–water partition coefficient (Wildman–Crippen LogP) is 2.91. The molecule has 1 heteroatoms. The summed E-state index contributed by atoms with van der Waals surface area (Å²) in [5.74, 6) is 4.73. The fourth-order valence-electron chi connectivity index (χ4n) is 2.96. The van der Waals surface area contributed by atoms with Gasteiger partial charge >= 0.3 is 0 Å². The molecule has 2 rings (SSSR count). The minimum Gasteiger partial charge on any atom is -0.126 e. The highest BCUT2D eigenvalue weighted by Crippen LogP contribution is 2.52. The molecular formula is C9H15Cl. The maximum absolute atomic E-state index is 5.90. The lowest BCUT2D eigenvalue weighted by atomic mass is 9.82. The van der Waals surface area contributed by atoms with Crippen LogP contribution in [0.25, 0.3) is 0 Å². The smallest absolute Gasteiger partial charge is 0.0257 e. The highest BCUT2D eigenvalue weighted by molar-refractivity contribution is 6.18. The van der Waals surface area contributed by atoms with Gasteiger partial charge < -0.3 is 0 Å². The van der Waals surface area contributed by atoms with Gasteiger partial charge in [0, 0.05) is 5.88 Å². The van der Waals surface area contributed by atoms with Crippen LogP contribution in [0.15, 0.2) is 0 Å². The van der Waals surface area contributed by atoms with Gasteiger partial charge in [-0.1, -0.05) is 6.92 Å². The van der Waals surface area contributed by atoms with Gasteiger partial charge in [-0.05, 0) is 42.9 Å². The topological polar surface area (TPSA) is 0 Å². The molecule has 2 bridgehead atoms. The van der Waals surface area contributed by atoms with Crippen molar-refractivity contribution in [2.45, 2.75) is 26.2 Å². The van der Waals surface area contributed by atoms with E-state index in [1.165, 1.54) is 19.3 Å². The Kier molecular flexibility index (Phi) is 1.68. The summed E-state index contributed by atoms with van der Waals surface area (Å²) in [6.07, 6.45) is 4.43. The summed E-state index contributed by atoms with van der Waals surface area (Å²) in [4.78, 5) is 0. The molecule has 10 heavy (non-hydrogen) atoms. The van der Waals surface area contributed by atoms with Crippen LogP contribution in [0.5, 0.6) is 0 Å². The van der Waals surface area contributed by atoms with Crippen LogP contribution >= 0.6 is 11.6 Å². The monoisotopic (exact) mass is 158 g/mol. The first kappa shape index (κ1) is 6.97. The van der Waals surface area contributed by atoms with Crippen LogP contribution in [0.2, 0.25) is 0 Å². The predicted molar refractivity (Wildman–Crippen MR) is 44.2 cm³/mol. The molecule has 0 aromatic rings. The average Bonchev–Trinajstić information content (AvgIpc) is 2.46. The van der Waals surface area contributed by atoms with Crippen molar-refractivity contribution in [3.63, 3.8) is 0 Å². The molecule has 0 saturated heterocycles. The zero-order valence-electron chi connectivity index (χ0n) is 6.52. The summed E-state index contributed by atoms with van der Waals surface area (Å²) in [6, 6.07) is 0. The van der Waals surface area contributed by atoms with E-state index in [1.807, 2.05) is 0 Å². The van der Waals surface area contributed by atoms with E-state index in [0.29, 0.717) is 0 Å². The number of alkyl halides is 1. The number of hydrogen-bond donors (Lipinski definition) is 0. The average molecular weight is 159 g/mol. The Labute approximate surface area is 68.0 Å². The lowest BCUT2D eigenvalue weighted by Crippen LogP contribution is -2.20. The lowest BCUT2D eigenvalue weighted by molar-refractivity contribution is 0.263. The third kappa shape index (κ3) is 0.812. The second-order valence-corrected chi connectivity index (χ2v) is 4.32. The SMILES string of the molecule is C[C@H]1[C@H]2CC[C@@H](C2)[C@@H]1CCl. The van der Waals surface area contributed by atoms with Crippen molar-refractivity contribution >= 4 is 11.6 Å². The van der Waals surface area contributed by atoms with Crippen molar-refractivity contribution in [3.05, 3.63) is 0 Å². The Morgan fingerprint density at radius 1 is 1.30 bits per heavy atom. The van der Waals surface area contributed by atoms with E-state index in [0.717, 1.165) is 29.6 Å². The van der Waals surface area contributed by atoms with E-state index < -0.39 is 0 Å². The first-order valence-electron chi connectivity index (χ1n) is 4.39. The minimum atomic E-state index is 0.861. The van der Waals surface area contributed by atoms with E-state index >= 15 is 0 Å². The molecule has 2 saturated carbocycles. The normalized spacial score (nSPS) is 52.2. The molecule has 2 fully saturated rings. The third-order valence-electron chi connectivity index (χ3n) is 3.72. The fourth-order valence-corrected chi connectivity index (χ4v) is 3.50. The molecule has 0 aliphatic heterocycles. The third-order valence-corrected chi connectivity index (χ3v) is 4.07. The molecule has 58 valence electrons. The van der Waals surface area contributed by atoms with Crippen molar-refractivity contribution < 1.29 is 0 Å². The first-order valence-corrected chi connectivity index (χ1v) is 4.92. The number of hydrogen-bond acceptors (Lipinski definition) is 0. The standard InChI is InChI=1S/C9H15Cl/c1-6-7-2-3-8(4-7)9(6)5-10/h6-9H,2-5H2,1H3/t6-,7-,8-,9+/m0/s1. The van der Waals surface area contributed by atoms with Gasteiger partial charge in [-0.25, -0.2) is 0 Å². The molecule has 2 aliphatic rings. The minimum absolute atomic E-state index is 0.861. The van der Waals surface area contributed by atoms with Crippen molar-refractivity contribution in [3.8, 4) is 0 Å². The van der Waals surface area contributed by atoms with Crippen LogP contribution in [-0.2, 0) is 0 Å². The van der Waals surface area contributed by atoms with Crippen LogP contribution < -0.4 is 0 Å². The van der Waals surface area contributed by atoms with E-state index in [4.69, 9.17) is 11.6 Å². The Hall–Kier alpha value is 0.290. The lowest BCUT2D eigenvalue weighted by Gasteiger charge is -2.25. The molecule has 0 amide bonds. The van der Waals surface area contributed by atoms with Crippen molar-refractivity contribution in [2.75, 3.05) is 5.88 Å². The Morgan fingerprint density at radius 2 is 2.00 bits per heavy atom. The van der Waals surface area contributed by atoms with Crippen molar-refractivity contribution in [1.29, 1.82) is 0 Å². The van der Waals surface area contributed by atoms with Crippen molar-refractivity contribution in [2.24, 2.45) is 23.7 Å². The number of fused-ring (bicyclic) bond motifs is 2. The largest absolute Gasteiger partial charge is 0.126 e. The fraction of sp³-hybridized carbons (Fsp3) is 1.00. The van der Waals surface area contributed by atoms with E-state index in [-0.39, 0.29) is 0 Å². The quantitative estimate of drug-likeness (QED) is 0.515. The summed E-state index contributed by atoms with van der Waals surface area (Å²) in [7, 11) is 0. The van der Waals surface area contributed by atoms with E-state index in [1.54, 1.807) is 0 Å². The van der Waals surface area contributed by atoms with Gasteiger partial charge in [0.1, 0.15) is 0 Å². The molecule has 0 N–H and O–H groups in total. The molecule has 0 nitrogen and oxygen atoms in total. The van der Waals surface area contributed by atoms with Gasteiger partial charge in [0.05, 0.1) is 0 Å². The van der Waals surface area contributed by atoms with Gasteiger partial charge in [0.25, 0.3) is 0 Å². The number of halogens is 1. The highest BCUT2D eigenvalue weighted by Gasteiger charge is 2.44. The molecule has 0 spiro atoms. The van der Waals surface area contributed by atoms with Gasteiger partial charge in [0.2, 0.25) is 0 Å². The maximum atomic E-state index is 5.90. The Balaban J connectivity index is 2.10. The summed E-state index contributed by atoms with van der Waals surface area (Å²) in [5, 5.41) is 0. The van der Waals surface area contributed by atoms with Crippen LogP contribution in [0.3, 0.4) is 0 Å². The molecule has 0 aromatic heterocycles. The van der Waals surface area contributed by atoms with Gasteiger partial charge in [0.15, 0.2) is 0 Å². The van der Waals surface area contributed by atoms with Crippen LogP contribution in [0.1, 0.15) is 26.2 Å². The number of rotatable bonds is 1. The van der Waals surface area contributed by atoms with Crippen LogP contribution in [0, 0.1) is 23.7 Å². The van der Waals surface area contributed by atoms with Gasteiger partial charge in [-0.2, -0.15) is 0 Å². The summed E-state index contributed by atoms with van der Waals surface area (Å²) in [6.45, 7) is 2.39. The zero-order chi connectivity index (χ0) is 7.14. The van der Waals surface area contributed by atoms with Gasteiger partial charge in [-0.3, -0.25) is 0 Å². The Morgan fingerprint density at radius 3 is 2.40 bits per heavy atom. The van der Waals surface area contributed by atoms with E-state index in [2.05, 4.69) is 6.92 Å². The molecular weight excluding hydrogens is 144 g/mol. The second kappa shape index (κ2) is 2.41. The summed E-state index contributed by atoms with van der Waals surface area (Å²) in [5.41, 5.74) is 0. The second-order valence-electron chi connectivity index (χ2n) is 4.01. The zero-order valence-corrected chi connectivity index (χ0v) is 7.27.